The molecule has 0 aliphatic carbocycles. The molecule has 0 amide bonds. The molecule has 0 bridgehead atoms. The number of benzene rings is 1. The van der Waals surface area contributed by atoms with Crippen LogP contribution in [0.15, 0.2) is 24.3 Å². The van der Waals surface area contributed by atoms with Crippen LogP contribution in [0, 0.1) is 23.7 Å². The zero-order valence-electron chi connectivity index (χ0n) is 8.62. The van der Waals surface area contributed by atoms with Gasteiger partial charge in [-0.2, -0.15) is 5.26 Å². The van der Waals surface area contributed by atoms with Crippen molar-refractivity contribution in [2.24, 2.45) is 5.41 Å². The van der Waals surface area contributed by atoms with Gasteiger partial charge in [-0.15, -0.1) is 0 Å². The summed E-state index contributed by atoms with van der Waals surface area (Å²) in [5, 5.41) is 18.0. The molecule has 1 aromatic rings. The zero-order valence-corrected chi connectivity index (χ0v) is 8.62. The van der Waals surface area contributed by atoms with Gasteiger partial charge >= 0.3 is 0 Å². The molecular formula is C12H15NO. The monoisotopic (exact) mass is 189 g/mol. The molecule has 1 N–H and O–H groups in total. The maximum Gasteiger partial charge on any atom is 0.0816 e. The van der Waals surface area contributed by atoms with Crippen molar-refractivity contribution in [3.8, 4) is 6.07 Å². The van der Waals surface area contributed by atoms with E-state index in [0.717, 1.165) is 5.56 Å². The summed E-state index contributed by atoms with van der Waals surface area (Å²) in [6.45, 7) is 3.70. The largest absolute Gasteiger partial charge is 0.395 e. The Morgan fingerprint density at radius 1 is 1.43 bits per heavy atom. The van der Waals surface area contributed by atoms with Gasteiger partial charge < -0.3 is 5.11 Å². The first-order valence-electron chi connectivity index (χ1n) is 4.68. The Labute approximate surface area is 84.8 Å². The lowest BCUT2D eigenvalue weighted by atomic mass is 9.85. The molecule has 2 heteroatoms. The Kier molecular flexibility index (Phi) is 3.27. The van der Waals surface area contributed by atoms with Crippen LogP contribution in [0.4, 0.5) is 0 Å². The Bertz CT molecular complexity index is 354. The highest BCUT2D eigenvalue weighted by Crippen LogP contribution is 2.22. The van der Waals surface area contributed by atoms with Gasteiger partial charge in [0.2, 0.25) is 0 Å². The molecule has 0 heterocycles. The van der Waals surface area contributed by atoms with E-state index in [4.69, 9.17) is 10.4 Å². The van der Waals surface area contributed by atoms with Crippen LogP contribution in [-0.2, 0) is 6.42 Å². The van der Waals surface area contributed by atoms with E-state index in [-0.39, 0.29) is 6.61 Å². The molecule has 0 radical (unpaired) electrons. The van der Waals surface area contributed by atoms with E-state index in [1.165, 1.54) is 5.56 Å². The van der Waals surface area contributed by atoms with Crippen LogP contribution in [0.2, 0.25) is 0 Å². The van der Waals surface area contributed by atoms with Crippen LogP contribution >= 0.6 is 0 Å². The predicted molar refractivity (Wildman–Crippen MR) is 55.7 cm³/mol. The van der Waals surface area contributed by atoms with Crippen molar-refractivity contribution in [2.75, 3.05) is 6.61 Å². The van der Waals surface area contributed by atoms with Crippen molar-refractivity contribution in [3.05, 3.63) is 35.4 Å². The fourth-order valence-electron chi connectivity index (χ4n) is 1.36. The van der Waals surface area contributed by atoms with E-state index in [9.17, 15) is 0 Å². The molecule has 1 rings (SSSR count). The van der Waals surface area contributed by atoms with Gasteiger partial charge in [0.25, 0.3) is 0 Å². The van der Waals surface area contributed by atoms with Crippen LogP contribution < -0.4 is 0 Å². The van der Waals surface area contributed by atoms with Gasteiger partial charge in [-0.3, -0.25) is 0 Å². The number of aliphatic hydroxyl groups is 1. The third kappa shape index (κ3) is 2.34. The van der Waals surface area contributed by atoms with Crippen LogP contribution in [0.5, 0.6) is 0 Å². The third-order valence-electron chi connectivity index (χ3n) is 2.46. The van der Waals surface area contributed by atoms with Gasteiger partial charge in [-0.05, 0) is 31.4 Å². The fraction of sp³-hybridized carbons (Fsp3) is 0.417. The van der Waals surface area contributed by atoms with E-state index < -0.39 is 5.41 Å². The zero-order chi connectivity index (χ0) is 10.6. The molecule has 0 aliphatic heterocycles. The first-order chi connectivity index (χ1) is 6.61. The van der Waals surface area contributed by atoms with Gasteiger partial charge in [-0.25, -0.2) is 0 Å². The minimum atomic E-state index is -0.661. The topological polar surface area (TPSA) is 44.0 Å². The molecule has 74 valence electrons. The lowest BCUT2D eigenvalue weighted by Gasteiger charge is -2.19. The Morgan fingerprint density at radius 3 is 2.57 bits per heavy atom. The first kappa shape index (κ1) is 10.7. The summed E-state index contributed by atoms with van der Waals surface area (Å²) in [4.78, 5) is 0. The average molecular weight is 189 g/mol. The number of nitriles is 1. The highest BCUT2D eigenvalue weighted by molar-refractivity contribution is 5.27. The summed E-state index contributed by atoms with van der Waals surface area (Å²) in [5.41, 5.74) is 1.64. The standard InChI is InChI=1S/C12H15NO/c1-10-5-3-4-6-11(10)7-12(2,8-13)9-14/h3-6,14H,7,9H2,1-2H3. The van der Waals surface area contributed by atoms with E-state index in [1.807, 2.05) is 31.2 Å². The summed E-state index contributed by atoms with van der Waals surface area (Å²) in [7, 11) is 0. The third-order valence-corrected chi connectivity index (χ3v) is 2.46. The molecular weight excluding hydrogens is 174 g/mol. The van der Waals surface area contributed by atoms with E-state index in [2.05, 4.69) is 6.07 Å². The summed E-state index contributed by atoms with van der Waals surface area (Å²) in [6.07, 6.45) is 0.604. The van der Waals surface area contributed by atoms with Crippen molar-refractivity contribution in [3.63, 3.8) is 0 Å². The maximum absolute atomic E-state index is 9.11. The average Bonchev–Trinajstić information content (AvgIpc) is 2.21. The van der Waals surface area contributed by atoms with Crippen LogP contribution in [-0.4, -0.2) is 11.7 Å². The van der Waals surface area contributed by atoms with Crippen molar-refractivity contribution < 1.29 is 5.11 Å². The van der Waals surface area contributed by atoms with Crippen LogP contribution in [0.1, 0.15) is 18.1 Å². The predicted octanol–water partition coefficient (Wildman–Crippen LogP) is 2.06. The Hall–Kier alpha value is -1.33. The molecule has 14 heavy (non-hydrogen) atoms. The van der Waals surface area contributed by atoms with Gasteiger partial charge in [0.1, 0.15) is 0 Å². The molecule has 0 spiro atoms. The van der Waals surface area contributed by atoms with Gasteiger partial charge in [0, 0.05) is 0 Å². The fourth-order valence-corrected chi connectivity index (χ4v) is 1.36. The van der Waals surface area contributed by atoms with E-state index in [0.29, 0.717) is 6.42 Å². The minimum Gasteiger partial charge on any atom is -0.395 e. The molecule has 0 aromatic heterocycles. The van der Waals surface area contributed by atoms with Gasteiger partial charge in [0.05, 0.1) is 18.1 Å². The number of aryl methyl sites for hydroxylation is 1. The quantitative estimate of drug-likeness (QED) is 0.791. The molecule has 1 aromatic carbocycles. The summed E-state index contributed by atoms with van der Waals surface area (Å²) >= 11 is 0. The second kappa shape index (κ2) is 4.26. The lowest BCUT2D eigenvalue weighted by molar-refractivity contribution is 0.190. The molecule has 0 saturated heterocycles. The lowest BCUT2D eigenvalue weighted by Crippen LogP contribution is -2.22. The molecule has 2 nitrogen and oxygen atoms in total. The van der Waals surface area contributed by atoms with Crippen molar-refractivity contribution in [2.45, 2.75) is 20.3 Å². The van der Waals surface area contributed by atoms with Crippen LogP contribution in [0.3, 0.4) is 0 Å². The molecule has 1 atom stereocenters. The number of nitrogens with zero attached hydrogens (tertiary/aromatic N) is 1. The van der Waals surface area contributed by atoms with Crippen LogP contribution in [0.25, 0.3) is 0 Å². The second-order valence-electron chi connectivity index (χ2n) is 3.93. The Morgan fingerprint density at radius 2 is 2.07 bits per heavy atom. The normalized spacial score (nSPS) is 14.4. The molecule has 0 saturated carbocycles. The minimum absolute atomic E-state index is 0.0994. The highest BCUT2D eigenvalue weighted by Gasteiger charge is 2.23. The van der Waals surface area contributed by atoms with Gasteiger partial charge in [-0.1, -0.05) is 24.3 Å². The Balaban J connectivity index is 2.89. The molecule has 1 unspecified atom stereocenters. The smallest absolute Gasteiger partial charge is 0.0816 e. The SMILES string of the molecule is Cc1ccccc1CC(C)(C#N)CO. The number of hydrogen-bond acceptors (Lipinski definition) is 2. The number of aliphatic hydroxyl groups excluding tert-OH is 1. The number of hydrogen-bond donors (Lipinski definition) is 1. The second-order valence-corrected chi connectivity index (χ2v) is 3.93. The van der Waals surface area contributed by atoms with Crippen molar-refractivity contribution in [1.82, 2.24) is 0 Å². The number of rotatable bonds is 3. The highest BCUT2D eigenvalue weighted by atomic mass is 16.3. The summed E-state index contributed by atoms with van der Waals surface area (Å²) in [5.74, 6) is 0. The summed E-state index contributed by atoms with van der Waals surface area (Å²) in [6, 6.07) is 10.1. The van der Waals surface area contributed by atoms with Crippen molar-refractivity contribution >= 4 is 0 Å². The maximum atomic E-state index is 9.11. The first-order valence-corrected chi connectivity index (χ1v) is 4.68. The van der Waals surface area contributed by atoms with E-state index >= 15 is 0 Å². The molecule has 0 aliphatic rings. The van der Waals surface area contributed by atoms with Crippen molar-refractivity contribution in [1.29, 1.82) is 5.26 Å². The van der Waals surface area contributed by atoms with E-state index in [1.54, 1.807) is 6.92 Å². The van der Waals surface area contributed by atoms with Gasteiger partial charge in [0.15, 0.2) is 0 Å². The molecule has 0 fully saturated rings. The summed E-state index contributed by atoms with van der Waals surface area (Å²) < 4.78 is 0.